The van der Waals surface area contributed by atoms with Crippen molar-refractivity contribution < 1.29 is 19.2 Å². The van der Waals surface area contributed by atoms with E-state index in [2.05, 4.69) is 20.6 Å². The van der Waals surface area contributed by atoms with Crippen LogP contribution < -0.4 is 10.6 Å². The molecule has 0 radical (unpaired) electrons. The zero-order chi connectivity index (χ0) is 27.5. The van der Waals surface area contributed by atoms with Gasteiger partial charge in [0.25, 0.3) is 11.8 Å². The minimum atomic E-state index is -0.281. The van der Waals surface area contributed by atoms with E-state index in [4.69, 9.17) is 0 Å². The van der Waals surface area contributed by atoms with Gasteiger partial charge < -0.3 is 15.6 Å². The predicted octanol–water partition coefficient (Wildman–Crippen LogP) is 6.14. The Balaban J connectivity index is 1.27. The first kappa shape index (κ1) is 25.3. The Morgan fingerprint density at radius 3 is 1.56 bits per heavy atom. The highest BCUT2D eigenvalue weighted by Gasteiger charge is 2.11. The van der Waals surface area contributed by atoms with Gasteiger partial charge in [0, 0.05) is 39.2 Å². The molecule has 0 spiro atoms. The number of fused-ring (bicyclic) bond motifs is 1. The number of H-pyrrole nitrogens is 1. The Morgan fingerprint density at radius 1 is 0.590 bits per heavy atom. The molecule has 5 rings (SSSR count). The summed E-state index contributed by atoms with van der Waals surface area (Å²) in [4.78, 5) is 56.0. The molecule has 0 unspecified atom stereocenters. The van der Waals surface area contributed by atoms with Crippen LogP contribution in [0.15, 0.2) is 91.0 Å². The van der Waals surface area contributed by atoms with Crippen molar-refractivity contribution in [3.05, 3.63) is 113 Å². The van der Waals surface area contributed by atoms with E-state index < -0.39 is 0 Å². The molecule has 0 atom stereocenters. The first-order chi connectivity index (χ1) is 18.8. The van der Waals surface area contributed by atoms with Crippen molar-refractivity contribution in [3.63, 3.8) is 0 Å². The Kier molecular flexibility index (Phi) is 6.84. The van der Waals surface area contributed by atoms with Crippen molar-refractivity contribution in [1.29, 1.82) is 0 Å². The molecule has 0 saturated heterocycles. The number of rotatable bonds is 7. The predicted molar refractivity (Wildman–Crippen MR) is 150 cm³/mol. The lowest BCUT2D eigenvalue weighted by Crippen LogP contribution is -2.12. The minimum Gasteiger partial charge on any atom is -0.338 e. The summed E-state index contributed by atoms with van der Waals surface area (Å²) >= 11 is 0. The molecule has 8 nitrogen and oxygen atoms in total. The maximum atomic E-state index is 12.6. The fourth-order valence-corrected chi connectivity index (χ4v) is 4.05. The Hall–Kier alpha value is -5.37. The number of hydrogen-bond acceptors (Lipinski definition) is 5. The molecule has 0 fully saturated rings. The molecule has 0 bridgehead atoms. The monoisotopic (exact) mass is 516 g/mol. The van der Waals surface area contributed by atoms with Crippen molar-refractivity contribution in [2.24, 2.45) is 0 Å². The Morgan fingerprint density at radius 2 is 1.05 bits per heavy atom. The van der Waals surface area contributed by atoms with Crippen LogP contribution in [-0.4, -0.2) is 33.3 Å². The summed E-state index contributed by atoms with van der Waals surface area (Å²) in [6.45, 7) is 2.96. The van der Waals surface area contributed by atoms with Crippen LogP contribution >= 0.6 is 0 Å². The molecule has 1 aromatic heterocycles. The van der Waals surface area contributed by atoms with Gasteiger partial charge in [-0.2, -0.15) is 0 Å². The van der Waals surface area contributed by atoms with E-state index in [0.29, 0.717) is 39.5 Å². The number of anilines is 2. The molecular formula is C31H24N4O4. The number of aromatic amines is 1. The third kappa shape index (κ3) is 5.65. The lowest BCUT2D eigenvalue weighted by Gasteiger charge is -2.06. The summed E-state index contributed by atoms with van der Waals surface area (Å²) < 4.78 is 0. The zero-order valence-corrected chi connectivity index (χ0v) is 21.2. The molecule has 1 heterocycles. The topological polar surface area (TPSA) is 121 Å². The standard InChI is InChI=1S/C31H24N4O4/c1-18(36)20-3-7-23(8-4-20)30(38)32-25-13-11-22(12-14-25)29-34-27-16-15-26(17-28(27)35-29)33-31(39)24-9-5-21(6-10-24)19(2)37/h3-17H,1-2H3,(H,32,38)(H,33,39)(H,34,35). The van der Waals surface area contributed by atoms with E-state index in [-0.39, 0.29) is 23.4 Å². The smallest absolute Gasteiger partial charge is 0.255 e. The Labute approximate surface area is 224 Å². The van der Waals surface area contributed by atoms with Crippen LogP contribution in [0.4, 0.5) is 11.4 Å². The molecule has 192 valence electrons. The number of benzene rings is 4. The fourth-order valence-electron chi connectivity index (χ4n) is 4.05. The summed E-state index contributed by atoms with van der Waals surface area (Å²) in [5, 5.41) is 5.72. The third-order valence-electron chi connectivity index (χ3n) is 6.26. The SMILES string of the molecule is CC(=O)c1ccc(C(=O)Nc2ccc(-c3nc4ccc(NC(=O)c5ccc(C(C)=O)cc5)cc4[nH]3)cc2)cc1. The number of nitrogens with one attached hydrogen (secondary N) is 3. The van der Waals surface area contributed by atoms with E-state index in [1.54, 1.807) is 72.8 Å². The van der Waals surface area contributed by atoms with Gasteiger partial charge in [0.2, 0.25) is 0 Å². The maximum absolute atomic E-state index is 12.6. The molecule has 2 amide bonds. The van der Waals surface area contributed by atoms with Gasteiger partial charge in [-0.15, -0.1) is 0 Å². The number of amides is 2. The normalized spacial score (nSPS) is 10.7. The second-order valence-corrected chi connectivity index (χ2v) is 9.07. The Bertz CT molecular complexity index is 1720. The third-order valence-corrected chi connectivity index (χ3v) is 6.26. The van der Waals surface area contributed by atoms with Crippen molar-refractivity contribution >= 4 is 45.8 Å². The van der Waals surface area contributed by atoms with Gasteiger partial charge in [0.1, 0.15) is 5.82 Å². The van der Waals surface area contributed by atoms with E-state index in [9.17, 15) is 19.2 Å². The highest BCUT2D eigenvalue weighted by Crippen LogP contribution is 2.25. The van der Waals surface area contributed by atoms with Crippen LogP contribution in [0.1, 0.15) is 55.3 Å². The molecule has 39 heavy (non-hydrogen) atoms. The zero-order valence-electron chi connectivity index (χ0n) is 21.2. The average molecular weight is 517 g/mol. The van der Waals surface area contributed by atoms with Crippen molar-refractivity contribution in [2.45, 2.75) is 13.8 Å². The second-order valence-electron chi connectivity index (χ2n) is 9.07. The van der Waals surface area contributed by atoms with Gasteiger partial charge in [0.15, 0.2) is 11.6 Å². The molecule has 3 N–H and O–H groups in total. The number of carbonyl (C=O) groups excluding carboxylic acids is 4. The largest absolute Gasteiger partial charge is 0.338 e. The van der Waals surface area contributed by atoms with Gasteiger partial charge >= 0.3 is 0 Å². The van der Waals surface area contributed by atoms with Crippen LogP contribution in [0.25, 0.3) is 22.4 Å². The van der Waals surface area contributed by atoms with Gasteiger partial charge in [-0.25, -0.2) is 4.98 Å². The lowest BCUT2D eigenvalue weighted by molar-refractivity contribution is 0.100. The highest BCUT2D eigenvalue weighted by molar-refractivity contribution is 6.06. The second kappa shape index (κ2) is 10.5. The molecule has 4 aromatic carbocycles. The van der Waals surface area contributed by atoms with Gasteiger partial charge in [-0.3, -0.25) is 19.2 Å². The molecule has 0 saturated carbocycles. The maximum Gasteiger partial charge on any atom is 0.255 e. The number of Topliss-reactive ketones (excluding diaryl/α,β-unsaturated/α-hetero) is 2. The van der Waals surface area contributed by atoms with Crippen LogP contribution in [0, 0.1) is 0 Å². The van der Waals surface area contributed by atoms with Gasteiger partial charge in [0.05, 0.1) is 11.0 Å². The quantitative estimate of drug-likeness (QED) is 0.224. The fraction of sp³-hybridized carbons (Fsp3) is 0.0645. The molecule has 8 heteroatoms. The van der Waals surface area contributed by atoms with Crippen molar-refractivity contribution in [1.82, 2.24) is 9.97 Å². The van der Waals surface area contributed by atoms with Gasteiger partial charge in [-0.05, 0) is 80.6 Å². The van der Waals surface area contributed by atoms with Crippen LogP contribution in [0.5, 0.6) is 0 Å². The van der Waals surface area contributed by atoms with E-state index in [0.717, 1.165) is 16.6 Å². The summed E-state index contributed by atoms with van der Waals surface area (Å²) in [6, 6.07) is 25.7. The molecule has 5 aromatic rings. The number of aromatic nitrogens is 2. The van der Waals surface area contributed by atoms with Crippen LogP contribution in [0.3, 0.4) is 0 Å². The molecule has 0 aliphatic rings. The minimum absolute atomic E-state index is 0.0542. The van der Waals surface area contributed by atoms with Crippen LogP contribution in [-0.2, 0) is 0 Å². The average Bonchev–Trinajstić information content (AvgIpc) is 3.37. The number of nitrogens with zero attached hydrogens (tertiary/aromatic N) is 1. The van der Waals surface area contributed by atoms with Gasteiger partial charge in [-0.1, -0.05) is 24.3 Å². The number of hydrogen-bond donors (Lipinski definition) is 3. The number of imidazole rings is 1. The lowest BCUT2D eigenvalue weighted by atomic mass is 10.1. The first-order valence-corrected chi connectivity index (χ1v) is 12.2. The highest BCUT2D eigenvalue weighted by atomic mass is 16.2. The first-order valence-electron chi connectivity index (χ1n) is 12.2. The van der Waals surface area contributed by atoms with E-state index in [1.807, 2.05) is 18.2 Å². The van der Waals surface area contributed by atoms with E-state index in [1.165, 1.54) is 13.8 Å². The number of ketones is 2. The summed E-state index contributed by atoms with van der Waals surface area (Å²) in [5.74, 6) is -0.0193. The molecule has 0 aliphatic heterocycles. The summed E-state index contributed by atoms with van der Waals surface area (Å²) in [7, 11) is 0. The van der Waals surface area contributed by atoms with Crippen molar-refractivity contribution in [3.8, 4) is 11.4 Å². The summed E-state index contributed by atoms with van der Waals surface area (Å²) in [5.41, 5.74) is 5.55. The van der Waals surface area contributed by atoms with E-state index >= 15 is 0 Å². The van der Waals surface area contributed by atoms with Crippen LogP contribution in [0.2, 0.25) is 0 Å². The molecule has 0 aliphatic carbocycles. The number of carbonyl (C=O) groups is 4. The van der Waals surface area contributed by atoms with Crippen molar-refractivity contribution in [2.75, 3.05) is 10.6 Å². The molecular weight excluding hydrogens is 492 g/mol. The summed E-state index contributed by atoms with van der Waals surface area (Å²) in [6.07, 6.45) is 0.